The van der Waals surface area contributed by atoms with E-state index in [4.69, 9.17) is 23.2 Å². The molecule has 1 N–H and O–H groups in total. The fourth-order valence-corrected chi connectivity index (χ4v) is 3.81. The third-order valence-electron chi connectivity index (χ3n) is 3.57. The van der Waals surface area contributed by atoms with E-state index < -0.39 is 0 Å². The molecule has 0 bridgehead atoms. The highest BCUT2D eigenvalue weighted by Crippen LogP contribution is 2.32. The molecule has 0 saturated carbocycles. The van der Waals surface area contributed by atoms with Crippen LogP contribution in [-0.4, -0.2) is 5.91 Å². The molecule has 0 heterocycles. The highest BCUT2D eigenvalue weighted by molar-refractivity contribution is 7.98. The molecule has 3 rings (SSSR count). The number of carbonyl (C=O) groups is 1. The number of hydrogen-bond donors (Lipinski definition) is 1. The van der Waals surface area contributed by atoms with Crippen LogP contribution in [0.1, 0.15) is 15.9 Å². The Balaban J connectivity index is 1.79. The fraction of sp³-hybridized carbons (Fsp3) is 0.0500. The van der Waals surface area contributed by atoms with Crippen LogP contribution >= 0.6 is 35.0 Å². The molecule has 0 saturated heterocycles. The van der Waals surface area contributed by atoms with E-state index in [0.717, 1.165) is 10.6 Å². The predicted molar refractivity (Wildman–Crippen MR) is 107 cm³/mol. The summed E-state index contributed by atoms with van der Waals surface area (Å²) in [6, 6.07) is 22.8. The lowest BCUT2D eigenvalue weighted by molar-refractivity contribution is 0.102. The van der Waals surface area contributed by atoms with E-state index in [1.54, 1.807) is 36.0 Å². The molecule has 0 aliphatic heterocycles. The van der Waals surface area contributed by atoms with Gasteiger partial charge in [0.15, 0.2) is 0 Å². The monoisotopic (exact) mass is 387 g/mol. The van der Waals surface area contributed by atoms with Crippen molar-refractivity contribution in [3.8, 4) is 0 Å². The number of amides is 1. The van der Waals surface area contributed by atoms with Gasteiger partial charge in [-0.1, -0.05) is 71.7 Å². The van der Waals surface area contributed by atoms with Gasteiger partial charge in [0.25, 0.3) is 5.91 Å². The van der Waals surface area contributed by atoms with Crippen molar-refractivity contribution < 1.29 is 4.79 Å². The van der Waals surface area contributed by atoms with Gasteiger partial charge in [0, 0.05) is 10.6 Å². The lowest BCUT2D eigenvalue weighted by Gasteiger charge is -2.12. The molecule has 5 heteroatoms. The molecule has 0 fully saturated rings. The Morgan fingerprint density at radius 3 is 2.20 bits per heavy atom. The van der Waals surface area contributed by atoms with Crippen molar-refractivity contribution in [3.05, 3.63) is 94.0 Å². The van der Waals surface area contributed by atoms with Crippen LogP contribution in [0.3, 0.4) is 0 Å². The zero-order valence-electron chi connectivity index (χ0n) is 13.2. The van der Waals surface area contributed by atoms with Crippen molar-refractivity contribution in [3.63, 3.8) is 0 Å². The second-order valence-electron chi connectivity index (χ2n) is 5.32. The maximum atomic E-state index is 12.7. The molecule has 1 amide bonds. The minimum absolute atomic E-state index is 0.230. The average molecular weight is 388 g/mol. The maximum absolute atomic E-state index is 12.7. The first-order valence-corrected chi connectivity index (χ1v) is 9.40. The van der Waals surface area contributed by atoms with Crippen molar-refractivity contribution in [2.45, 2.75) is 10.6 Å². The van der Waals surface area contributed by atoms with Crippen molar-refractivity contribution >= 4 is 46.6 Å². The maximum Gasteiger partial charge on any atom is 0.256 e. The summed E-state index contributed by atoms with van der Waals surface area (Å²) >= 11 is 13.9. The molecule has 0 unspecified atom stereocenters. The SMILES string of the molecule is O=C(Nc1c(Cl)cccc1Cl)c1ccccc1SCc1ccccc1. The number of thioether (sulfide) groups is 1. The highest BCUT2D eigenvalue weighted by Gasteiger charge is 2.15. The van der Waals surface area contributed by atoms with Gasteiger partial charge in [-0.2, -0.15) is 0 Å². The molecule has 126 valence electrons. The summed E-state index contributed by atoms with van der Waals surface area (Å²) in [7, 11) is 0. The Bertz CT molecular complexity index is 864. The Morgan fingerprint density at radius 2 is 1.48 bits per heavy atom. The lowest BCUT2D eigenvalue weighted by Crippen LogP contribution is -2.13. The summed E-state index contributed by atoms with van der Waals surface area (Å²) < 4.78 is 0. The number of anilines is 1. The highest BCUT2D eigenvalue weighted by atomic mass is 35.5. The number of rotatable bonds is 5. The molecule has 0 aliphatic carbocycles. The molecule has 0 aromatic heterocycles. The Hall–Kier alpha value is -1.94. The molecular weight excluding hydrogens is 373 g/mol. The third kappa shape index (κ3) is 4.57. The van der Waals surface area contributed by atoms with Gasteiger partial charge in [-0.25, -0.2) is 0 Å². The van der Waals surface area contributed by atoms with Crippen LogP contribution in [0.5, 0.6) is 0 Å². The van der Waals surface area contributed by atoms with Crippen LogP contribution in [-0.2, 0) is 5.75 Å². The van der Waals surface area contributed by atoms with Gasteiger partial charge in [0.05, 0.1) is 21.3 Å². The van der Waals surface area contributed by atoms with E-state index in [0.29, 0.717) is 21.3 Å². The standard InChI is InChI=1S/C20H15Cl2NOS/c21-16-10-6-11-17(22)19(16)23-20(24)15-9-4-5-12-18(15)25-13-14-7-2-1-3-8-14/h1-12H,13H2,(H,23,24). The Morgan fingerprint density at radius 1 is 0.840 bits per heavy atom. The van der Waals surface area contributed by atoms with Gasteiger partial charge >= 0.3 is 0 Å². The summed E-state index contributed by atoms with van der Waals surface area (Å²) in [6.45, 7) is 0. The zero-order chi connectivity index (χ0) is 17.6. The summed E-state index contributed by atoms with van der Waals surface area (Å²) in [4.78, 5) is 13.6. The van der Waals surface area contributed by atoms with E-state index in [-0.39, 0.29) is 5.91 Å². The van der Waals surface area contributed by atoms with Gasteiger partial charge in [-0.05, 0) is 29.8 Å². The first kappa shape index (κ1) is 17.9. The van der Waals surface area contributed by atoms with Crippen molar-refractivity contribution in [1.82, 2.24) is 0 Å². The van der Waals surface area contributed by atoms with Gasteiger partial charge in [-0.15, -0.1) is 11.8 Å². The van der Waals surface area contributed by atoms with Gasteiger partial charge in [-0.3, -0.25) is 4.79 Å². The average Bonchev–Trinajstić information content (AvgIpc) is 2.64. The van der Waals surface area contributed by atoms with E-state index in [2.05, 4.69) is 17.4 Å². The van der Waals surface area contributed by atoms with Crippen LogP contribution in [0.4, 0.5) is 5.69 Å². The summed E-state index contributed by atoms with van der Waals surface area (Å²) in [6.07, 6.45) is 0. The number of para-hydroxylation sites is 1. The van der Waals surface area contributed by atoms with E-state index in [9.17, 15) is 4.79 Å². The first-order chi connectivity index (χ1) is 12.1. The predicted octanol–water partition coefficient (Wildman–Crippen LogP) is 6.54. The number of halogens is 2. The molecule has 0 radical (unpaired) electrons. The lowest BCUT2D eigenvalue weighted by atomic mass is 10.2. The Labute approximate surface area is 161 Å². The summed E-state index contributed by atoms with van der Waals surface area (Å²) in [5.74, 6) is 0.559. The van der Waals surface area contributed by atoms with Crippen molar-refractivity contribution in [2.75, 3.05) is 5.32 Å². The largest absolute Gasteiger partial charge is 0.319 e. The topological polar surface area (TPSA) is 29.1 Å². The second kappa shape index (κ2) is 8.43. The first-order valence-electron chi connectivity index (χ1n) is 7.66. The number of benzene rings is 3. The third-order valence-corrected chi connectivity index (χ3v) is 5.34. The van der Waals surface area contributed by atoms with Crippen molar-refractivity contribution in [2.24, 2.45) is 0 Å². The molecule has 3 aromatic carbocycles. The molecule has 0 aliphatic rings. The number of nitrogens with one attached hydrogen (secondary N) is 1. The molecular formula is C20H15Cl2NOS. The van der Waals surface area contributed by atoms with Crippen LogP contribution in [0.25, 0.3) is 0 Å². The number of carbonyl (C=O) groups excluding carboxylic acids is 1. The van der Waals surface area contributed by atoms with Crippen LogP contribution in [0, 0.1) is 0 Å². The minimum Gasteiger partial charge on any atom is -0.319 e. The zero-order valence-corrected chi connectivity index (χ0v) is 15.5. The van der Waals surface area contributed by atoms with Crippen LogP contribution in [0.2, 0.25) is 10.0 Å². The fourth-order valence-electron chi connectivity index (χ4n) is 2.31. The van der Waals surface area contributed by atoms with Crippen molar-refractivity contribution in [1.29, 1.82) is 0 Å². The molecule has 2 nitrogen and oxygen atoms in total. The van der Waals surface area contributed by atoms with Gasteiger partial charge < -0.3 is 5.32 Å². The molecule has 0 spiro atoms. The van der Waals surface area contributed by atoms with Gasteiger partial charge in [0.1, 0.15) is 0 Å². The van der Waals surface area contributed by atoms with E-state index in [1.807, 2.05) is 36.4 Å². The smallest absolute Gasteiger partial charge is 0.256 e. The van der Waals surface area contributed by atoms with Crippen LogP contribution < -0.4 is 5.32 Å². The molecule has 3 aromatic rings. The van der Waals surface area contributed by atoms with Crippen LogP contribution in [0.15, 0.2) is 77.7 Å². The number of hydrogen-bond acceptors (Lipinski definition) is 2. The van der Waals surface area contributed by atoms with E-state index >= 15 is 0 Å². The normalized spacial score (nSPS) is 10.5. The Kier molecular flexibility index (Phi) is 6.03. The quantitative estimate of drug-likeness (QED) is 0.503. The minimum atomic E-state index is -0.230. The van der Waals surface area contributed by atoms with Gasteiger partial charge in [0.2, 0.25) is 0 Å². The summed E-state index contributed by atoms with van der Waals surface area (Å²) in [5, 5.41) is 3.64. The molecule has 0 atom stereocenters. The summed E-state index contributed by atoms with van der Waals surface area (Å²) in [5.41, 5.74) is 2.23. The second-order valence-corrected chi connectivity index (χ2v) is 7.15. The molecule has 25 heavy (non-hydrogen) atoms. The van der Waals surface area contributed by atoms with E-state index in [1.165, 1.54) is 5.56 Å².